The Morgan fingerprint density at radius 2 is 1.94 bits per heavy atom. The zero-order valence-electron chi connectivity index (χ0n) is 18.3. The molecule has 0 saturated carbocycles. The molecule has 12 heteroatoms. The number of amides is 2. The van der Waals surface area contributed by atoms with E-state index in [4.69, 9.17) is 4.74 Å². The highest BCUT2D eigenvalue weighted by Crippen LogP contribution is 2.22. The third kappa shape index (κ3) is 5.95. The Balaban J connectivity index is 1.62. The van der Waals surface area contributed by atoms with Crippen molar-refractivity contribution in [2.24, 2.45) is 0 Å². The smallest absolute Gasteiger partial charge is 0.243 e. The average Bonchev–Trinajstić information content (AvgIpc) is 3.32. The van der Waals surface area contributed by atoms with Crippen LogP contribution in [0.25, 0.3) is 11.0 Å². The molecule has 1 aliphatic rings. The molecule has 10 nitrogen and oxygen atoms in total. The molecule has 0 bridgehead atoms. The van der Waals surface area contributed by atoms with Crippen molar-refractivity contribution in [1.82, 2.24) is 23.7 Å². The normalized spacial score (nSPS) is 16.7. The number of aromatic nitrogens is 2. The summed E-state index contributed by atoms with van der Waals surface area (Å²) in [5, 5.41) is 2.73. The van der Waals surface area contributed by atoms with Gasteiger partial charge in [0.05, 0.1) is 24.9 Å². The number of carbonyl (C=O) groups excluding carboxylic acids is 2. The van der Waals surface area contributed by atoms with Crippen molar-refractivity contribution in [2.45, 2.75) is 23.8 Å². The van der Waals surface area contributed by atoms with Crippen LogP contribution in [0.2, 0.25) is 0 Å². The van der Waals surface area contributed by atoms with Crippen LogP contribution < -0.4 is 10.0 Å². The largest absolute Gasteiger partial charge is 0.378 e. The summed E-state index contributed by atoms with van der Waals surface area (Å²) in [6, 6.07) is 12.8. The van der Waals surface area contributed by atoms with Crippen molar-refractivity contribution in [3.63, 3.8) is 0 Å². The molecule has 2 N–H and O–H groups in total. The number of rotatable bonds is 6. The molecule has 3 aromatic rings. The fourth-order valence-electron chi connectivity index (χ4n) is 3.70. The first-order valence-electron chi connectivity index (χ1n) is 10.8. The van der Waals surface area contributed by atoms with E-state index in [1.54, 1.807) is 12.1 Å². The predicted molar refractivity (Wildman–Crippen MR) is 127 cm³/mol. The molecule has 2 heterocycles. The number of nitrogens with one attached hydrogen (secondary N) is 2. The SMILES string of the molecule is O=C1CCN(C(=O)C(Cc2ccccc2)NS(=O)(=O)c2cccc3nsnc23)CCOCCN1. The van der Waals surface area contributed by atoms with E-state index in [-0.39, 0.29) is 48.9 Å². The molecule has 1 fully saturated rings. The Morgan fingerprint density at radius 3 is 2.76 bits per heavy atom. The maximum atomic E-state index is 13.6. The lowest BCUT2D eigenvalue weighted by Crippen LogP contribution is -2.51. The molecule has 4 rings (SSSR count). The minimum absolute atomic E-state index is 0.0340. The predicted octanol–water partition coefficient (Wildman–Crippen LogP) is 0.946. The van der Waals surface area contributed by atoms with Gasteiger partial charge in [0.25, 0.3) is 0 Å². The lowest BCUT2D eigenvalue weighted by molar-refractivity contribution is -0.134. The van der Waals surface area contributed by atoms with Crippen molar-refractivity contribution >= 4 is 44.6 Å². The van der Waals surface area contributed by atoms with E-state index in [9.17, 15) is 18.0 Å². The topological polar surface area (TPSA) is 131 Å². The molecule has 1 aliphatic heterocycles. The molecule has 1 atom stereocenters. The van der Waals surface area contributed by atoms with Gasteiger partial charge in [-0.05, 0) is 24.1 Å². The monoisotopic (exact) mass is 503 g/mol. The fraction of sp³-hybridized carbons (Fsp3) is 0.364. The second-order valence-corrected chi connectivity index (χ2v) is 10.0. The van der Waals surface area contributed by atoms with Crippen LogP contribution >= 0.6 is 11.7 Å². The van der Waals surface area contributed by atoms with Gasteiger partial charge in [0, 0.05) is 26.1 Å². The number of nitrogens with zero attached hydrogens (tertiary/aromatic N) is 3. The lowest BCUT2D eigenvalue weighted by atomic mass is 10.1. The summed E-state index contributed by atoms with van der Waals surface area (Å²) in [6.45, 7) is 1.47. The number of ether oxygens (including phenoxy) is 1. The van der Waals surface area contributed by atoms with Gasteiger partial charge in [-0.2, -0.15) is 13.5 Å². The Labute approximate surface area is 201 Å². The summed E-state index contributed by atoms with van der Waals surface area (Å²) in [5.74, 6) is -0.612. The van der Waals surface area contributed by atoms with Crippen molar-refractivity contribution in [2.75, 3.05) is 32.8 Å². The molecule has 2 aromatic carbocycles. The van der Waals surface area contributed by atoms with Crippen LogP contribution in [-0.4, -0.2) is 72.8 Å². The Kier molecular flexibility index (Phi) is 7.83. The standard InChI is InChI=1S/C22H25N5O5S2/c28-20-9-11-27(12-14-32-13-10-23-20)22(29)18(15-16-5-2-1-3-6-16)26-34(30,31)19-8-4-7-17-21(19)25-33-24-17/h1-8,18,26H,9-15H2,(H,23,28). The fourth-order valence-corrected chi connectivity index (χ4v) is 5.65. The summed E-state index contributed by atoms with van der Waals surface area (Å²) in [4.78, 5) is 27.0. The highest BCUT2D eigenvalue weighted by atomic mass is 32.2. The van der Waals surface area contributed by atoms with E-state index in [2.05, 4.69) is 18.8 Å². The third-order valence-corrected chi connectivity index (χ3v) is 7.46. The number of hydrogen-bond donors (Lipinski definition) is 2. The first-order valence-corrected chi connectivity index (χ1v) is 13.1. The third-order valence-electron chi connectivity index (χ3n) is 5.41. The van der Waals surface area contributed by atoms with E-state index in [1.807, 2.05) is 30.3 Å². The van der Waals surface area contributed by atoms with Gasteiger partial charge in [-0.1, -0.05) is 36.4 Å². The van der Waals surface area contributed by atoms with Crippen molar-refractivity contribution < 1.29 is 22.7 Å². The van der Waals surface area contributed by atoms with E-state index in [0.29, 0.717) is 18.7 Å². The minimum Gasteiger partial charge on any atom is -0.378 e. The van der Waals surface area contributed by atoms with Crippen LogP contribution in [0.4, 0.5) is 0 Å². The summed E-state index contributed by atoms with van der Waals surface area (Å²) in [7, 11) is -4.10. The number of sulfonamides is 1. The Bertz CT molecular complexity index is 1250. The summed E-state index contributed by atoms with van der Waals surface area (Å²) in [6.07, 6.45) is 0.272. The first kappa shape index (κ1) is 24.2. The second kappa shape index (κ2) is 11.0. The van der Waals surface area contributed by atoms with Crippen LogP contribution in [0.1, 0.15) is 12.0 Å². The zero-order valence-corrected chi connectivity index (χ0v) is 20.0. The highest BCUT2D eigenvalue weighted by Gasteiger charge is 2.31. The summed E-state index contributed by atoms with van der Waals surface area (Å²) in [5.41, 5.74) is 1.53. The number of fused-ring (bicyclic) bond motifs is 1. The molecule has 1 unspecified atom stereocenters. The molecule has 2 amide bonds. The van der Waals surface area contributed by atoms with Gasteiger partial charge >= 0.3 is 0 Å². The quantitative estimate of drug-likeness (QED) is 0.512. The van der Waals surface area contributed by atoms with Crippen molar-refractivity contribution in [1.29, 1.82) is 0 Å². The molecule has 0 aliphatic carbocycles. The van der Waals surface area contributed by atoms with E-state index < -0.39 is 22.0 Å². The number of carbonyl (C=O) groups is 2. The van der Waals surface area contributed by atoms with Crippen LogP contribution in [-0.2, 0) is 30.8 Å². The van der Waals surface area contributed by atoms with Gasteiger partial charge in [-0.25, -0.2) is 8.42 Å². The van der Waals surface area contributed by atoms with Gasteiger partial charge in [0.15, 0.2) is 0 Å². The zero-order chi connectivity index (χ0) is 24.0. The first-order chi connectivity index (χ1) is 16.4. The number of benzene rings is 2. The molecule has 0 spiro atoms. The van der Waals surface area contributed by atoms with Gasteiger partial charge in [0.1, 0.15) is 22.0 Å². The van der Waals surface area contributed by atoms with Gasteiger partial charge < -0.3 is 15.0 Å². The Morgan fingerprint density at radius 1 is 1.12 bits per heavy atom. The molecule has 1 aromatic heterocycles. The van der Waals surface area contributed by atoms with Crippen molar-refractivity contribution in [3.05, 3.63) is 54.1 Å². The molecular formula is C22H25N5O5S2. The van der Waals surface area contributed by atoms with Crippen LogP contribution in [0.5, 0.6) is 0 Å². The van der Waals surface area contributed by atoms with E-state index in [1.165, 1.54) is 11.0 Å². The van der Waals surface area contributed by atoms with Gasteiger partial charge in [-0.15, -0.1) is 0 Å². The minimum atomic E-state index is -4.10. The highest BCUT2D eigenvalue weighted by molar-refractivity contribution is 7.89. The van der Waals surface area contributed by atoms with Crippen molar-refractivity contribution in [3.8, 4) is 0 Å². The molecule has 0 radical (unpaired) electrons. The van der Waals surface area contributed by atoms with Crippen LogP contribution in [0.15, 0.2) is 53.4 Å². The molecule has 34 heavy (non-hydrogen) atoms. The maximum absolute atomic E-state index is 13.6. The second-order valence-electron chi connectivity index (χ2n) is 7.79. The van der Waals surface area contributed by atoms with E-state index >= 15 is 0 Å². The van der Waals surface area contributed by atoms with Gasteiger partial charge in [0.2, 0.25) is 21.8 Å². The Hall–Kier alpha value is -2.93. The average molecular weight is 504 g/mol. The van der Waals surface area contributed by atoms with E-state index in [0.717, 1.165) is 17.3 Å². The summed E-state index contributed by atoms with van der Waals surface area (Å²) >= 11 is 0.923. The van der Waals surface area contributed by atoms with Gasteiger partial charge in [-0.3, -0.25) is 9.59 Å². The number of hydrogen-bond acceptors (Lipinski definition) is 8. The lowest BCUT2D eigenvalue weighted by Gasteiger charge is -2.28. The van der Waals surface area contributed by atoms with Crippen LogP contribution in [0, 0.1) is 0 Å². The summed E-state index contributed by atoms with van der Waals surface area (Å²) < 4.78 is 43.0. The maximum Gasteiger partial charge on any atom is 0.243 e. The van der Waals surface area contributed by atoms with Crippen LogP contribution in [0.3, 0.4) is 0 Å². The molecule has 1 saturated heterocycles. The molecular weight excluding hydrogens is 478 g/mol. The molecule has 180 valence electrons.